The molecule has 1 N–H and O–H groups in total. The quantitative estimate of drug-likeness (QED) is 0.346. The number of oxime groups is 1. The van der Waals surface area contributed by atoms with E-state index >= 15 is 0 Å². The van der Waals surface area contributed by atoms with E-state index in [1.54, 1.807) is 6.92 Å². The number of rotatable bonds is 6. The molecule has 0 saturated heterocycles. The van der Waals surface area contributed by atoms with Gasteiger partial charge in [-0.2, -0.15) is 0 Å². The van der Waals surface area contributed by atoms with Gasteiger partial charge in [0.2, 0.25) is 0 Å². The number of ether oxygens (including phenoxy) is 1. The fraction of sp³-hybridized carbons (Fsp3) is 0.462. The maximum Gasteiger partial charge on any atom is 0.119 e. The molecule has 0 heterocycles. The molecule has 0 bridgehead atoms. The molecule has 1 aromatic rings. The van der Waals surface area contributed by atoms with Crippen LogP contribution in [0.1, 0.15) is 38.7 Å². The SMILES string of the molecule is CCCCCOc1ccc(/C(C)=N/O)cc1. The van der Waals surface area contributed by atoms with Gasteiger partial charge in [-0.1, -0.05) is 24.9 Å². The molecule has 0 aliphatic carbocycles. The highest BCUT2D eigenvalue weighted by atomic mass is 16.5. The number of benzene rings is 1. The van der Waals surface area contributed by atoms with Crippen LogP contribution in [0, 0.1) is 0 Å². The first-order chi connectivity index (χ1) is 7.77. The lowest BCUT2D eigenvalue weighted by atomic mass is 10.1. The van der Waals surface area contributed by atoms with Crippen molar-refractivity contribution in [3.8, 4) is 5.75 Å². The van der Waals surface area contributed by atoms with Crippen molar-refractivity contribution in [3.63, 3.8) is 0 Å². The van der Waals surface area contributed by atoms with Crippen molar-refractivity contribution in [2.75, 3.05) is 6.61 Å². The van der Waals surface area contributed by atoms with Gasteiger partial charge < -0.3 is 9.94 Å². The smallest absolute Gasteiger partial charge is 0.119 e. The van der Waals surface area contributed by atoms with Crippen LogP contribution in [-0.4, -0.2) is 17.5 Å². The molecule has 1 rings (SSSR count). The van der Waals surface area contributed by atoms with Gasteiger partial charge in [-0.05, 0) is 43.2 Å². The van der Waals surface area contributed by atoms with E-state index in [0.717, 1.165) is 24.3 Å². The Hall–Kier alpha value is -1.51. The topological polar surface area (TPSA) is 41.8 Å². The van der Waals surface area contributed by atoms with Crippen molar-refractivity contribution in [1.29, 1.82) is 0 Å². The van der Waals surface area contributed by atoms with Crippen LogP contribution < -0.4 is 4.74 Å². The molecule has 16 heavy (non-hydrogen) atoms. The zero-order valence-electron chi connectivity index (χ0n) is 9.94. The van der Waals surface area contributed by atoms with Gasteiger partial charge in [-0.15, -0.1) is 0 Å². The van der Waals surface area contributed by atoms with E-state index in [1.807, 2.05) is 24.3 Å². The predicted molar refractivity (Wildman–Crippen MR) is 65.5 cm³/mol. The second-order valence-electron chi connectivity index (χ2n) is 3.77. The zero-order chi connectivity index (χ0) is 11.8. The molecule has 0 aliphatic rings. The lowest BCUT2D eigenvalue weighted by Crippen LogP contribution is -1.98. The Kier molecular flexibility index (Phi) is 5.40. The molecule has 0 fully saturated rings. The minimum absolute atomic E-state index is 0.609. The maximum atomic E-state index is 8.61. The van der Waals surface area contributed by atoms with Gasteiger partial charge >= 0.3 is 0 Å². The number of nitrogens with zero attached hydrogens (tertiary/aromatic N) is 1. The molecule has 3 nitrogen and oxygen atoms in total. The molecular formula is C13H19NO2. The molecule has 0 unspecified atom stereocenters. The maximum absolute atomic E-state index is 8.61. The molecule has 0 saturated carbocycles. The van der Waals surface area contributed by atoms with E-state index in [2.05, 4.69) is 12.1 Å². The summed E-state index contributed by atoms with van der Waals surface area (Å²) in [5, 5.41) is 11.8. The van der Waals surface area contributed by atoms with Gasteiger partial charge in [0, 0.05) is 0 Å². The van der Waals surface area contributed by atoms with E-state index in [1.165, 1.54) is 12.8 Å². The first-order valence-electron chi connectivity index (χ1n) is 5.69. The Balaban J connectivity index is 2.45. The first kappa shape index (κ1) is 12.6. The minimum Gasteiger partial charge on any atom is -0.494 e. The highest BCUT2D eigenvalue weighted by molar-refractivity contribution is 5.98. The largest absolute Gasteiger partial charge is 0.494 e. The molecule has 0 spiro atoms. The molecular weight excluding hydrogens is 202 g/mol. The summed E-state index contributed by atoms with van der Waals surface area (Å²) in [6, 6.07) is 7.58. The van der Waals surface area contributed by atoms with E-state index in [4.69, 9.17) is 9.94 Å². The van der Waals surface area contributed by atoms with Gasteiger partial charge in [0.25, 0.3) is 0 Å². The molecule has 0 amide bonds. The monoisotopic (exact) mass is 221 g/mol. The Morgan fingerprint density at radius 2 is 1.94 bits per heavy atom. The van der Waals surface area contributed by atoms with Crippen LogP contribution in [0.3, 0.4) is 0 Å². The Labute approximate surface area is 96.7 Å². The van der Waals surface area contributed by atoms with Gasteiger partial charge in [0.05, 0.1) is 12.3 Å². The summed E-state index contributed by atoms with van der Waals surface area (Å²) in [5.74, 6) is 0.866. The standard InChI is InChI=1S/C13H19NO2/c1-3-4-5-10-16-13-8-6-12(7-9-13)11(2)14-15/h6-9,15H,3-5,10H2,1-2H3/b14-11+. The Bertz CT molecular complexity index is 330. The highest BCUT2D eigenvalue weighted by Gasteiger charge is 1.98. The third-order valence-corrected chi connectivity index (χ3v) is 2.44. The molecule has 1 aromatic carbocycles. The van der Waals surface area contributed by atoms with Crippen molar-refractivity contribution >= 4 is 5.71 Å². The molecule has 0 aromatic heterocycles. The molecule has 3 heteroatoms. The van der Waals surface area contributed by atoms with Gasteiger partial charge in [0.15, 0.2) is 0 Å². The highest BCUT2D eigenvalue weighted by Crippen LogP contribution is 2.13. The van der Waals surface area contributed by atoms with Crippen LogP contribution in [0.4, 0.5) is 0 Å². The third kappa shape index (κ3) is 3.93. The van der Waals surface area contributed by atoms with Crippen molar-refractivity contribution < 1.29 is 9.94 Å². The van der Waals surface area contributed by atoms with E-state index in [-0.39, 0.29) is 0 Å². The fourth-order valence-corrected chi connectivity index (χ4v) is 1.39. The number of unbranched alkanes of at least 4 members (excludes halogenated alkanes) is 2. The van der Waals surface area contributed by atoms with Crippen LogP contribution in [0.2, 0.25) is 0 Å². The van der Waals surface area contributed by atoms with Crippen molar-refractivity contribution in [1.82, 2.24) is 0 Å². The summed E-state index contributed by atoms with van der Waals surface area (Å²) in [5.41, 5.74) is 1.51. The summed E-state index contributed by atoms with van der Waals surface area (Å²) in [7, 11) is 0. The minimum atomic E-state index is 0.609. The van der Waals surface area contributed by atoms with Crippen LogP contribution in [-0.2, 0) is 0 Å². The average molecular weight is 221 g/mol. The van der Waals surface area contributed by atoms with Gasteiger partial charge in [0.1, 0.15) is 5.75 Å². The second-order valence-corrected chi connectivity index (χ2v) is 3.77. The lowest BCUT2D eigenvalue weighted by Gasteiger charge is -2.06. The van der Waals surface area contributed by atoms with Gasteiger partial charge in [-0.3, -0.25) is 0 Å². The average Bonchev–Trinajstić information content (AvgIpc) is 2.34. The number of hydrogen-bond donors (Lipinski definition) is 1. The summed E-state index contributed by atoms with van der Waals surface area (Å²) >= 11 is 0. The third-order valence-electron chi connectivity index (χ3n) is 2.44. The van der Waals surface area contributed by atoms with Crippen LogP contribution >= 0.6 is 0 Å². The Morgan fingerprint density at radius 1 is 1.25 bits per heavy atom. The molecule has 88 valence electrons. The molecule has 0 aliphatic heterocycles. The summed E-state index contributed by atoms with van der Waals surface area (Å²) in [6.45, 7) is 4.70. The first-order valence-corrected chi connectivity index (χ1v) is 5.69. The Morgan fingerprint density at radius 3 is 2.50 bits per heavy atom. The van der Waals surface area contributed by atoms with E-state index in [9.17, 15) is 0 Å². The van der Waals surface area contributed by atoms with Crippen molar-refractivity contribution in [2.45, 2.75) is 33.1 Å². The molecule has 0 atom stereocenters. The summed E-state index contributed by atoms with van der Waals surface area (Å²) in [4.78, 5) is 0. The second kappa shape index (κ2) is 6.88. The van der Waals surface area contributed by atoms with Crippen molar-refractivity contribution in [3.05, 3.63) is 29.8 Å². The number of hydrogen-bond acceptors (Lipinski definition) is 3. The summed E-state index contributed by atoms with van der Waals surface area (Å²) in [6.07, 6.45) is 3.50. The lowest BCUT2D eigenvalue weighted by molar-refractivity contribution is 0.306. The van der Waals surface area contributed by atoms with Crippen LogP contribution in [0.15, 0.2) is 29.4 Å². The fourth-order valence-electron chi connectivity index (χ4n) is 1.39. The zero-order valence-corrected chi connectivity index (χ0v) is 9.94. The normalized spacial score (nSPS) is 11.5. The predicted octanol–water partition coefficient (Wildman–Crippen LogP) is 3.45. The summed E-state index contributed by atoms with van der Waals surface area (Å²) < 4.78 is 5.57. The molecule has 0 radical (unpaired) electrons. The van der Waals surface area contributed by atoms with Gasteiger partial charge in [-0.25, -0.2) is 0 Å². The van der Waals surface area contributed by atoms with E-state index < -0.39 is 0 Å². The van der Waals surface area contributed by atoms with Crippen LogP contribution in [0.5, 0.6) is 5.75 Å². The van der Waals surface area contributed by atoms with Crippen molar-refractivity contribution in [2.24, 2.45) is 5.16 Å². The van der Waals surface area contributed by atoms with E-state index in [0.29, 0.717) is 5.71 Å². The van der Waals surface area contributed by atoms with Crippen LogP contribution in [0.25, 0.3) is 0 Å².